The van der Waals surface area contributed by atoms with Crippen LogP contribution in [-0.4, -0.2) is 35.2 Å². The monoisotopic (exact) mass is 354 g/mol. The van der Waals surface area contributed by atoms with E-state index in [9.17, 15) is 5.11 Å². The minimum atomic E-state index is 0.0957. The molecule has 2 atom stereocenters. The molecule has 0 heterocycles. The van der Waals surface area contributed by atoms with E-state index in [-0.39, 0.29) is 18.7 Å². The standard InChI is InChI=1S/C17H27BrN2O/c1-2-16(19)17(13-7-9-14(18)10-8-13)20(11-12-21)15-5-3-4-6-15/h7-10,15-17,21H,2-6,11-12,19H2,1H3. The minimum Gasteiger partial charge on any atom is -0.395 e. The van der Waals surface area contributed by atoms with E-state index in [1.54, 1.807) is 0 Å². The maximum atomic E-state index is 9.50. The van der Waals surface area contributed by atoms with E-state index in [1.165, 1.54) is 31.2 Å². The number of hydrogen-bond acceptors (Lipinski definition) is 3. The van der Waals surface area contributed by atoms with Crippen LogP contribution >= 0.6 is 15.9 Å². The average molecular weight is 355 g/mol. The Morgan fingerprint density at radius 2 is 1.90 bits per heavy atom. The zero-order valence-corrected chi connectivity index (χ0v) is 14.4. The summed E-state index contributed by atoms with van der Waals surface area (Å²) in [4.78, 5) is 2.45. The molecule has 1 aromatic rings. The van der Waals surface area contributed by atoms with Gasteiger partial charge in [-0.05, 0) is 37.0 Å². The second-order valence-electron chi connectivity index (χ2n) is 5.97. The molecule has 3 nitrogen and oxygen atoms in total. The molecule has 1 aromatic carbocycles. The lowest BCUT2D eigenvalue weighted by atomic mass is 9.94. The number of aliphatic hydroxyl groups excluding tert-OH is 1. The fourth-order valence-electron chi connectivity index (χ4n) is 3.47. The Hall–Kier alpha value is -0.420. The predicted molar refractivity (Wildman–Crippen MR) is 91.2 cm³/mol. The van der Waals surface area contributed by atoms with E-state index in [4.69, 9.17) is 5.73 Å². The van der Waals surface area contributed by atoms with Crippen LogP contribution in [0.1, 0.15) is 50.6 Å². The van der Waals surface area contributed by atoms with Crippen LogP contribution in [0.5, 0.6) is 0 Å². The van der Waals surface area contributed by atoms with E-state index in [1.807, 2.05) is 0 Å². The maximum absolute atomic E-state index is 9.50. The fraction of sp³-hybridized carbons (Fsp3) is 0.647. The molecule has 1 aliphatic rings. The summed E-state index contributed by atoms with van der Waals surface area (Å²) < 4.78 is 1.09. The normalized spacial score (nSPS) is 19.1. The first-order valence-electron chi connectivity index (χ1n) is 8.05. The third kappa shape index (κ3) is 4.28. The van der Waals surface area contributed by atoms with Gasteiger partial charge in [-0.25, -0.2) is 0 Å². The highest BCUT2D eigenvalue weighted by molar-refractivity contribution is 9.10. The molecule has 0 bridgehead atoms. The van der Waals surface area contributed by atoms with E-state index < -0.39 is 0 Å². The van der Waals surface area contributed by atoms with Crippen molar-refractivity contribution in [3.05, 3.63) is 34.3 Å². The highest BCUT2D eigenvalue weighted by atomic mass is 79.9. The average Bonchev–Trinajstić information content (AvgIpc) is 3.02. The lowest BCUT2D eigenvalue weighted by Gasteiger charge is -2.39. The third-order valence-corrected chi connectivity index (χ3v) is 5.13. The van der Waals surface area contributed by atoms with E-state index in [0.717, 1.165) is 10.9 Å². The summed E-state index contributed by atoms with van der Waals surface area (Å²) >= 11 is 3.50. The maximum Gasteiger partial charge on any atom is 0.0558 e. The van der Waals surface area contributed by atoms with Gasteiger partial charge in [-0.2, -0.15) is 0 Å². The zero-order valence-electron chi connectivity index (χ0n) is 12.8. The fourth-order valence-corrected chi connectivity index (χ4v) is 3.73. The van der Waals surface area contributed by atoms with Gasteiger partial charge < -0.3 is 10.8 Å². The number of aliphatic hydroxyl groups is 1. The molecule has 0 radical (unpaired) electrons. The van der Waals surface area contributed by atoms with Gasteiger partial charge in [0.05, 0.1) is 12.6 Å². The lowest BCUT2D eigenvalue weighted by molar-refractivity contribution is 0.0882. The third-order valence-electron chi connectivity index (χ3n) is 4.60. The van der Waals surface area contributed by atoms with Crippen LogP contribution in [0.25, 0.3) is 0 Å². The van der Waals surface area contributed by atoms with Crippen LogP contribution in [-0.2, 0) is 0 Å². The number of nitrogens with zero attached hydrogens (tertiary/aromatic N) is 1. The van der Waals surface area contributed by atoms with Gasteiger partial charge in [-0.3, -0.25) is 4.90 Å². The number of benzene rings is 1. The summed E-state index contributed by atoms with van der Waals surface area (Å²) in [6.45, 7) is 3.04. The quantitative estimate of drug-likeness (QED) is 0.788. The number of hydrogen-bond donors (Lipinski definition) is 2. The van der Waals surface area contributed by atoms with Crippen LogP contribution in [0.4, 0.5) is 0 Å². The van der Waals surface area contributed by atoms with Gasteiger partial charge in [-0.1, -0.05) is 47.8 Å². The van der Waals surface area contributed by atoms with E-state index >= 15 is 0 Å². The lowest BCUT2D eigenvalue weighted by Crippen LogP contribution is -2.46. The Morgan fingerprint density at radius 3 is 2.43 bits per heavy atom. The second-order valence-corrected chi connectivity index (χ2v) is 6.88. The first-order valence-corrected chi connectivity index (χ1v) is 8.84. The summed E-state index contributed by atoms with van der Waals surface area (Å²) in [6, 6.07) is 9.32. The van der Waals surface area contributed by atoms with Crippen LogP contribution in [0.3, 0.4) is 0 Å². The van der Waals surface area contributed by atoms with Crippen LogP contribution < -0.4 is 5.73 Å². The Balaban J connectivity index is 2.29. The number of nitrogens with two attached hydrogens (primary N) is 1. The zero-order chi connectivity index (χ0) is 15.2. The van der Waals surface area contributed by atoms with Crippen molar-refractivity contribution in [1.82, 2.24) is 4.90 Å². The molecule has 1 fully saturated rings. The number of rotatable bonds is 7. The summed E-state index contributed by atoms with van der Waals surface area (Å²) in [7, 11) is 0. The van der Waals surface area contributed by atoms with Crippen molar-refractivity contribution in [2.45, 2.75) is 57.2 Å². The first-order chi connectivity index (χ1) is 10.2. The van der Waals surface area contributed by atoms with E-state index in [2.05, 4.69) is 52.0 Å². The van der Waals surface area contributed by atoms with Gasteiger partial charge in [0.25, 0.3) is 0 Å². The van der Waals surface area contributed by atoms with Gasteiger partial charge in [0.2, 0.25) is 0 Å². The first kappa shape index (κ1) is 16.9. The van der Waals surface area contributed by atoms with Crippen LogP contribution in [0.2, 0.25) is 0 Å². The molecule has 4 heteroatoms. The van der Waals surface area contributed by atoms with Crippen molar-refractivity contribution in [3.8, 4) is 0 Å². The van der Waals surface area contributed by atoms with Gasteiger partial charge in [-0.15, -0.1) is 0 Å². The SMILES string of the molecule is CCC(N)C(c1ccc(Br)cc1)N(CCO)C1CCCC1. The van der Waals surface area contributed by atoms with Gasteiger partial charge >= 0.3 is 0 Å². The van der Waals surface area contributed by atoms with Crippen molar-refractivity contribution in [1.29, 1.82) is 0 Å². The largest absolute Gasteiger partial charge is 0.395 e. The summed E-state index contributed by atoms with van der Waals surface area (Å²) in [5.74, 6) is 0. The van der Waals surface area contributed by atoms with Crippen molar-refractivity contribution >= 4 is 15.9 Å². The second kappa shape index (κ2) is 8.28. The molecule has 0 saturated heterocycles. The Morgan fingerprint density at radius 1 is 1.29 bits per heavy atom. The van der Waals surface area contributed by atoms with Crippen LogP contribution in [0.15, 0.2) is 28.7 Å². The topological polar surface area (TPSA) is 49.5 Å². The molecule has 118 valence electrons. The minimum absolute atomic E-state index is 0.0957. The summed E-state index contributed by atoms with van der Waals surface area (Å²) in [5.41, 5.74) is 7.71. The Kier molecular flexibility index (Phi) is 6.68. The van der Waals surface area contributed by atoms with Crippen molar-refractivity contribution in [2.24, 2.45) is 5.73 Å². The molecule has 1 aliphatic carbocycles. The van der Waals surface area contributed by atoms with Gasteiger partial charge in [0.15, 0.2) is 0 Å². The molecule has 0 amide bonds. The Labute approximate surface area is 136 Å². The summed E-state index contributed by atoms with van der Waals surface area (Å²) in [5, 5.41) is 9.50. The van der Waals surface area contributed by atoms with E-state index in [0.29, 0.717) is 12.6 Å². The molecule has 21 heavy (non-hydrogen) atoms. The smallest absolute Gasteiger partial charge is 0.0558 e. The number of halogens is 1. The molecule has 2 rings (SSSR count). The molecular weight excluding hydrogens is 328 g/mol. The predicted octanol–water partition coefficient (Wildman–Crippen LogP) is 3.46. The van der Waals surface area contributed by atoms with Gasteiger partial charge in [0, 0.05) is 23.1 Å². The molecule has 0 spiro atoms. The molecule has 3 N–H and O–H groups in total. The Bertz CT molecular complexity index is 417. The molecule has 2 unspecified atom stereocenters. The molecular formula is C17H27BrN2O. The highest BCUT2D eigenvalue weighted by Gasteiger charge is 2.32. The molecule has 0 aromatic heterocycles. The van der Waals surface area contributed by atoms with Crippen LogP contribution in [0, 0.1) is 0 Å². The van der Waals surface area contributed by atoms with Crippen molar-refractivity contribution in [2.75, 3.05) is 13.2 Å². The van der Waals surface area contributed by atoms with Gasteiger partial charge in [0.1, 0.15) is 0 Å². The van der Waals surface area contributed by atoms with Crippen molar-refractivity contribution < 1.29 is 5.11 Å². The summed E-state index contributed by atoms with van der Waals surface area (Å²) in [6.07, 6.45) is 5.98. The molecule has 0 aliphatic heterocycles. The molecule has 1 saturated carbocycles. The highest BCUT2D eigenvalue weighted by Crippen LogP contribution is 2.33. The van der Waals surface area contributed by atoms with Crippen molar-refractivity contribution in [3.63, 3.8) is 0 Å².